The van der Waals surface area contributed by atoms with Gasteiger partial charge >= 0.3 is 0 Å². The maximum Gasteiger partial charge on any atom is 0.234 e. The number of anilines is 1. The zero-order valence-corrected chi connectivity index (χ0v) is 19.2. The molecule has 0 saturated heterocycles. The standard InChI is InChI=1S/C22H18Cl2N4O3S/c1-30-15-6-2-5-14(11-15)21-26-27-22(28(21)12-16-7-4-10-31-16)32-13-19(29)25-20-17(23)8-3-9-18(20)24/h2-11H,12-13H2,1H3,(H,25,29). The Bertz CT molecular complexity index is 1210. The molecule has 0 atom stereocenters. The first kappa shape index (κ1) is 22.3. The maximum atomic E-state index is 12.5. The normalized spacial score (nSPS) is 10.8. The molecule has 0 radical (unpaired) electrons. The van der Waals surface area contributed by atoms with Crippen molar-refractivity contribution >= 4 is 46.6 Å². The van der Waals surface area contributed by atoms with Crippen molar-refractivity contribution in [2.24, 2.45) is 0 Å². The molecule has 1 N–H and O–H groups in total. The SMILES string of the molecule is COc1cccc(-c2nnc(SCC(=O)Nc3c(Cl)cccc3Cl)n2Cc2ccco2)c1. The molecule has 32 heavy (non-hydrogen) atoms. The lowest BCUT2D eigenvalue weighted by molar-refractivity contribution is -0.113. The highest BCUT2D eigenvalue weighted by atomic mass is 35.5. The first-order chi connectivity index (χ1) is 15.5. The van der Waals surface area contributed by atoms with Crippen LogP contribution in [-0.2, 0) is 11.3 Å². The van der Waals surface area contributed by atoms with Crippen molar-refractivity contribution in [3.63, 3.8) is 0 Å². The van der Waals surface area contributed by atoms with Gasteiger partial charge in [0.25, 0.3) is 0 Å². The van der Waals surface area contributed by atoms with Crippen molar-refractivity contribution < 1.29 is 13.9 Å². The largest absolute Gasteiger partial charge is 0.497 e. The van der Waals surface area contributed by atoms with Gasteiger partial charge in [-0.2, -0.15) is 0 Å². The van der Waals surface area contributed by atoms with E-state index in [0.717, 1.165) is 11.3 Å². The van der Waals surface area contributed by atoms with Crippen LogP contribution in [-0.4, -0.2) is 33.5 Å². The number of carbonyl (C=O) groups is 1. The number of ether oxygens (including phenoxy) is 1. The Kier molecular flexibility index (Phi) is 7.04. The summed E-state index contributed by atoms with van der Waals surface area (Å²) in [5, 5.41) is 12.7. The van der Waals surface area contributed by atoms with Crippen LogP contribution >= 0.6 is 35.0 Å². The summed E-state index contributed by atoms with van der Waals surface area (Å²) in [6.45, 7) is 0.410. The lowest BCUT2D eigenvalue weighted by Gasteiger charge is -2.11. The van der Waals surface area contributed by atoms with Crippen molar-refractivity contribution in [2.45, 2.75) is 11.7 Å². The number of aromatic nitrogens is 3. The van der Waals surface area contributed by atoms with E-state index in [1.165, 1.54) is 11.8 Å². The van der Waals surface area contributed by atoms with Gasteiger partial charge in [0.1, 0.15) is 11.5 Å². The summed E-state index contributed by atoms with van der Waals surface area (Å²) in [7, 11) is 1.61. The number of rotatable bonds is 8. The van der Waals surface area contributed by atoms with Gasteiger partial charge < -0.3 is 14.5 Å². The Hall–Kier alpha value is -2.94. The molecule has 2 aromatic heterocycles. The van der Waals surface area contributed by atoms with Crippen LogP contribution in [0, 0.1) is 0 Å². The highest BCUT2D eigenvalue weighted by Crippen LogP contribution is 2.31. The molecule has 10 heteroatoms. The van der Waals surface area contributed by atoms with Gasteiger partial charge in [-0.25, -0.2) is 0 Å². The van der Waals surface area contributed by atoms with Crippen LogP contribution in [0.5, 0.6) is 5.75 Å². The maximum absolute atomic E-state index is 12.5. The van der Waals surface area contributed by atoms with E-state index in [9.17, 15) is 4.79 Å². The van der Waals surface area contributed by atoms with Crippen molar-refractivity contribution in [1.29, 1.82) is 0 Å². The van der Waals surface area contributed by atoms with Gasteiger partial charge in [-0.15, -0.1) is 10.2 Å². The van der Waals surface area contributed by atoms with Crippen LogP contribution in [0.15, 0.2) is 70.4 Å². The van der Waals surface area contributed by atoms with Crippen molar-refractivity contribution in [3.05, 3.63) is 76.7 Å². The Morgan fingerprint density at radius 1 is 1.12 bits per heavy atom. The van der Waals surface area contributed by atoms with Crippen molar-refractivity contribution in [1.82, 2.24) is 14.8 Å². The smallest absolute Gasteiger partial charge is 0.234 e. The van der Waals surface area contributed by atoms with E-state index in [1.807, 2.05) is 41.0 Å². The fraction of sp³-hybridized carbons (Fsp3) is 0.136. The lowest BCUT2D eigenvalue weighted by atomic mass is 10.2. The highest BCUT2D eigenvalue weighted by molar-refractivity contribution is 7.99. The number of benzene rings is 2. The van der Waals surface area contributed by atoms with E-state index < -0.39 is 0 Å². The minimum Gasteiger partial charge on any atom is -0.497 e. The molecule has 0 fully saturated rings. The second kappa shape index (κ2) is 10.1. The zero-order valence-electron chi connectivity index (χ0n) is 16.9. The molecule has 0 bridgehead atoms. The van der Waals surface area contributed by atoms with E-state index in [0.29, 0.717) is 39.0 Å². The highest BCUT2D eigenvalue weighted by Gasteiger charge is 2.18. The van der Waals surface area contributed by atoms with Gasteiger partial charge in [0.2, 0.25) is 5.91 Å². The second-order valence-corrected chi connectivity index (χ2v) is 8.39. The number of furan rings is 1. The zero-order chi connectivity index (χ0) is 22.5. The molecule has 4 rings (SSSR count). The summed E-state index contributed by atoms with van der Waals surface area (Å²) in [4.78, 5) is 12.5. The third-order valence-electron chi connectivity index (χ3n) is 4.50. The number of nitrogens with one attached hydrogen (secondary N) is 1. The fourth-order valence-corrected chi connectivity index (χ4v) is 4.22. The number of halogens is 2. The summed E-state index contributed by atoms with van der Waals surface area (Å²) < 4.78 is 12.7. The number of hydrogen-bond acceptors (Lipinski definition) is 6. The van der Waals surface area contributed by atoms with Gasteiger partial charge in [0.05, 0.1) is 41.4 Å². The number of para-hydroxylation sites is 1. The molecule has 2 heterocycles. The number of amides is 1. The van der Waals surface area contributed by atoms with Gasteiger partial charge in [0, 0.05) is 5.56 Å². The predicted octanol–water partition coefficient (Wildman–Crippen LogP) is 5.63. The first-order valence-electron chi connectivity index (χ1n) is 9.52. The van der Waals surface area contributed by atoms with Crippen LogP contribution in [0.1, 0.15) is 5.76 Å². The van der Waals surface area contributed by atoms with E-state index in [2.05, 4.69) is 15.5 Å². The van der Waals surface area contributed by atoms with E-state index >= 15 is 0 Å². The number of methoxy groups -OCH3 is 1. The Morgan fingerprint density at radius 2 is 1.91 bits per heavy atom. The summed E-state index contributed by atoms with van der Waals surface area (Å²) in [6, 6.07) is 16.3. The molecule has 0 spiro atoms. The molecule has 0 saturated carbocycles. The van der Waals surface area contributed by atoms with E-state index in [1.54, 1.807) is 31.6 Å². The Balaban J connectivity index is 1.56. The van der Waals surface area contributed by atoms with E-state index in [4.69, 9.17) is 32.4 Å². The molecule has 0 aliphatic rings. The summed E-state index contributed by atoms with van der Waals surface area (Å²) in [6.07, 6.45) is 1.61. The van der Waals surface area contributed by atoms with Crippen molar-refractivity contribution in [2.75, 3.05) is 18.2 Å². The number of thioether (sulfide) groups is 1. The molecule has 2 aromatic carbocycles. The Morgan fingerprint density at radius 3 is 2.62 bits per heavy atom. The third-order valence-corrected chi connectivity index (χ3v) is 6.10. The lowest BCUT2D eigenvalue weighted by Crippen LogP contribution is -2.15. The molecule has 7 nitrogen and oxygen atoms in total. The topological polar surface area (TPSA) is 82.2 Å². The molecule has 4 aromatic rings. The monoisotopic (exact) mass is 488 g/mol. The Labute approximate surface area is 198 Å². The predicted molar refractivity (Wildman–Crippen MR) is 126 cm³/mol. The number of carbonyl (C=O) groups excluding carboxylic acids is 1. The molecule has 0 aliphatic heterocycles. The molecular weight excluding hydrogens is 471 g/mol. The van der Waals surface area contributed by atoms with Crippen molar-refractivity contribution in [3.8, 4) is 17.1 Å². The van der Waals surface area contributed by atoms with Crippen LogP contribution in [0.2, 0.25) is 10.0 Å². The summed E-state index contributed by atoms with van der Waals surface area (Å²) in [5.74, 6) is 1.91. The second-order valence-electron chi connectivity index (χ2n) is 6.64. The van der Waals surface area contributed by atoms with Crippen LogP contribution < -0.4 is 10.1 Å². The van der Waals surface area contributed by atoms with Crippen LogP contribution in [0.3, 0.4) is 0 Å². The first-order valence-corrected chi connectivity index (χ1v) is 11.3. The average Bonchev–Trinajstić information content (AvgIpc) is 3.45. The quantitative estimate of drug-likeness (QED) is 0.323. The molecule has 0 unspecified atom stereocenters. The molecular formula is C22H18Cl2N4O3S. The van der Waals surface area contributed by atoms with Gasteiger partial charge in [-0.3, -0.25) is 9.36 Å². The number of nitrogens with zero attached hydrogens (tertiary/aromatic N) is 3. The summed E-state index contributed by atoms with van der Waals surface area (Å²) in [5.41, 5.74) is 1.22. The molecule has 1 amide bonds. The summed E-state index contributed by atoms with van der Waals surface area (Å²) >= 11 is 13.5. The van der Waals surface area contributed by atoms with E-state index in [-0.39, 0.29) is 11.7 Å². The van der Waals surface area contributed by atoms with Gasteiger partial charge in [-0.1, -0.05) is 53.2 Å². The average molecular weight is 489 g/mol. The fourth-order valence-electron chi connectivity index (χ4n) is 2.99. The molecule has 164 valence electrons. The van der Waals surface area contributed by atoms with Gasteiger partial charge in [-0.05, 0) is 36.4 Å². The third kappa shape index (κ3) is 5.09. The minimum atomic E-state index is -0.263. The van der Waals surface area contributed by atoms with Gasteiger partial charge in [0.15, 0.2) is 11.0 Å². The number of hydrogen-bond donors (Lipinski definition) is 1. The van der Waals surface area contributed by atoms with Crippen LogP contribution in [0.25, 0.3) is 11.4 Å². The van der Waals surface area contributed by atoms with Crippen LogP contribution in [0.4, 0.5) is 5.69 Å². The minimum absolute atomic E-state index is 0.0932. The molecule has 0 aliphatic carbocycles.